The van der Waals surface area contributed by atoms with E-state index in [0.717, 1.165) is 24.2 Å². The summed E-state index contributed by atoms with van der Waals surface area (Å²) in [5, 5.41) is 2.87. The molecule has 6 nitrogen and oxygen atoms in total. The number of carbonyl (C=O) groups excluding carboxylic acids is 3. The Hall–Kier alpha value is -2.37. The lowest BCUT2D eigenvalue weighted by molar-refractivity contribution is -0.168. The van der Waals surface area contributed by atoms with Crippen LogP contribution >= 0.6 is 0 Å². The van der Waals surface area contributed by atoms with Crippen molar-refractivity contribution in [1.82, 2.24) is 4.90 Å². The molecule has 2 atom stereocenters. The Morgan fingerprint density at radius 1 is 1.18 bits per heavy atom. The van der Waals surface area contributed by atoms with Crippen molar-refractivity contribution in [2.45, 2.75) is 46.5 Å². The van der Waals surface area contributed by atoms with Crippen LogP contribution in [0, 0.1) is 16.7 Å². The number of piperidine rings is 1. The maximum atomic E-state index is 13.0. The molecule has 0 spiro atoms. The molecule has 6 heteroatoms. The Bertz CT molecular complexity index is 785. The molecule has 0 radical (unpaired) electrons. The molecule has 152 valence electrons. The van der Waals surface area contributed by atoms with Gasteiger partial charge in [0.2, 0.25) is 17.7 Å². The molecule has 1 aromatic carbocycles. The van der Waals surface area contributed by atoms with Crippen molar-refractivity contribution in [3.8, 4) is 0 Å². The minimum atomic E-state index is -0.484. The second-order valence-electron chi connectivity index (χ2n) is 9.03. The Kier molecular flexibility index (Phi) is 5.26. The molecular formula is C22H31N3O3. The van der Waals surface area contributed by atoms with E-state index in [4.69, 9.17) is 0 Å². The number of amides is 3. The fourth-order valence-electron chi connectivity index (χ4n) is 4.58. The summed E-state index contributed by atoms with van der Waals surface area (Å²) >= 11 is 0. The number of hydrogen-bond donors (Lipinski definition) is 1. The fraction of sp³-hybridized carbons (Fsp3) is 0.591. The number of nitrogens with zero attached hydrogens (tertiary/aromatic N) is 2. The number of nitrogens with one attached hydrogen (secondary N) is 1. The summed E-state index contributed by atoms with van der Waals surface area (Å²) in [6.07, 6.45) is 2.28. The van der Waals surface area contributed by atoms with Crippen molar-refractivity contribution < 1.29 is 14.4 Å². The molecule has 2 bridgehead atoms. The van der Waals surface area contributed by atoms with Gasteiger partial charge in [-0.1, -0.05) is 20.8 Å². The molecule has 3 amide bonds. The molecular weight excluding hydrogens is 354 g/mol. The molecule has 1 aliphatic heterocycles. The van der Waals surface area contributed by atoms with Gasteiger partial charge in [-0.2, -0.15) is 0 Å². The number of rotatable bonds is 6. The maximum absolute atomic E-state index is 13.0. The number of hydrogen-bond acceptors (Lipinski definition) is 4. The highest BCUT2D eigenvalue weighted by Gasteiger charge is 2.64. The van der Waals surface area contributed by atoms with Crippen molar-refractivity contribution in [3.05, 3.63) is 24.3 Å². The van der Waals surface area contributed by atoms with Crippen LogP contribution in [0.15, 0.2) is 24.3 Å². The lowest BCUT2D eigenvalue weighted by Crippen LogP contribution is -2.59. The maximum Gasteiger partial charge on any atom is 0.235 e. The molecule has 2 unspecified atom stereocenters. The number of benzene rings is 1. The monoisotopic (exact) mass is 385 g/mol. The van der Waals surface area contributed by atoms with Gasteiger partial charge in [0, 0.05) is 44.4 Å². The lowest BCUT2D eigenvalue weighted by atomic mass is 9.62. The zero-order chi connectivity index (χ0) is 20.7. The van der Waals surface area contributed by atoms with Crippen molar-refractivity contribution in [1.29, 1.82) is 0 Å². The summed E-state index contributed by atoms with van der Waals surface area (Å²) in [6.45, 7) is 6.37. The predicted molar refractivity (Wildman–Crippen MR) is 110 cm³/mol. The van der Waals surface area contributed by atoms with Gasteiger partial charge in [0.05, 0.1) is 5.41 Å². The van der Waals surface area contributed by atoms with Gasteiger partial charge in [0.25, 0.3) is 0 Å². The molecule has 1 aromatic rings. The SMILES string of the molecule is CN(C)c1ccc(NC(=O)CCCN2C(=O)C3CCC(C)(C2=O)C3(C)C)cc1. The summed E-state index contributed by atoms with van der Waals surface area (Å²) in [6, 6.07) is 7.62. The highest BCUT2D eigenvalue weighted by atomic mass is 16.2. The number of carbonyl (C=O) groups is 3. The van der Waals surface area contributed by atoms with Crippen molar-refractivity contribution >= 4 is 29.1 Å². The first-order valence-corrected chi connectivity index (χ1v) is 10.0. The van der Waals surface area contributed by atoms with Gasteiger partial charge >= 0.3 is 0 Å². The molecule has 1 heterocycles. The van der Waals surface area contributed by atoms with Gasteiger partial charge < -0.3 is 10.2 Å². The zero-order valence-corrected chi connectivity index (χ0v) is 17.5. The van der Waals surface area contributed by atoms with E-state index >= 15 is 0 Å². The number of fused-ring (bicyclic) bond motifs is 2. The Morgan fingerprint density at radius 2 is 1.82 bits per heavy atom. The standard InChI is InChI=1S/C22H31N3O3/c1-21(2)17-12-13-22(21,3)20(28)25(19(17)27)14-6-7-18(26)23-15-8-10-16(11-9-15)24(4)5/h8-11,17H,6-7,12-14H2,1-5H3,(H,23,26). The number of anilines is 2. The Morgan fingerprint density at radius 3 is 2.43 bits per heavy atom. The Balaban J connectivity index is 1.54. The van der Waals surface area contributed by atoms with Crippen LogP contribution in [0.4, 0.5) is 11.4 Å². The van der Waals surface area contributed by atoms with Crippen LogP contribution in [0.1, 0.15) is 46.5 Å². The average Bonchev–Trinajstić information content (AvgIpc) is 2.82. The first-order valence-electron chi connectivity index (χ1n) is 10.0. The van der Waals surface area contributed by atoms with Gasteiger partial charge in [0.15, 0.2) is 0 Å². The third-order valence-corrected chi connectivity index (χ3v) is 6.96. The molecule has 2 fully saturated rings. The summed E-state index contributed by atoms with van der Waals surface area (Å²) in [5.74, 6) is -0.344. The molecule has 0 aromatic heterocycles. The van der Waals surface area contributed by atoms with Crippen LogP contribution in [0.5, 0.6) is 0 Å². The number of imide groups is 1. The summed E-state index contributed by atoms with van der Waals surface area (Å²) in [4.78, 5) is 41.4. The van der Waals surface area contributed by atoms with E-state index in [1.807, 2.05) is 64.0 Å². The highest BCUT2D eigenvalue weighted by molar-refractivity contribution is 6.03. The van der Waals surface area contributed by atoms with E-state index in [9.17, 15) is 14.4 Å². The largest absolute Gasteiger partial charge is 0.378 e. The van der Waals surface area contributed by atoms with Gasteiger partial charge in [-0.15, -0.1) is 0 Å². The topological polar surface area (TPSA) is 69.7 Å². The third kappa shape index (κ3) is 3.29. The average molecular weight is 386 g/mol. The quantitative estimate of drug-likeness (QED) is 0.763. The smallest absolute Gasteiger partial charge is 0.235 e. The van der Waals surface area contributed by atoms with Gasteiger partial charge in [0.1, 0.15) is 0 Å². The molecule has 3 rings (SSSR count). The second-order valence-corrected chi connectivity index (χ2v) is 9.03. The molecule has 28 heavy (non-hydrogen) atoms. The second kappa shape index (κ2) is 7.22. The molecule has 1 saturated carbocycles. The van der Waals surface area contributed by atoms with Crippen molar-refractivity contribution in [2.75, 3.05) is 30.9 Å². The van der Waals surface area contributed by atoms with Crippen LogP contribution in [0.2, 0.25) is 0 Å². The van der Waals surface area contributed by atoms with Gasteiger partial charge in [-0.3, -0.25) is 19.3 Å². The molecule has 1 N–H and O–H groups in total. The third-order valence-electron chi connectivity index (χ3n) is 6.96. The predicted octanol–water partition coefficient (Wildman–Crippen LogP) is 3.28. The normalized spacial score (nSPS) is 25.8. The fourth-order valence-corrected chi connectivity index (χ4v) is 4.58. The van der Waals surface area contributed by atoms with E-state index in [0.29, 0.717) is 13.0 Å². The van der Waals surface area contributed by atoms with E-state index in [1.165, 1.54) is 4.90 Å². The lowest BCUT2D eigenvalue weighted by Gasteiger charge is -2.47. The molecule has 2 aliphatic rings. The minimum absolute atomic E-state index is 0.0651. The number of likely N-dealkylation sites (tertiary alicyclic amines) is 1. The summed E-state index contributed by atoms with van der Waals surface area (Å²) in [7, 11) is 3.93. The minimum Gasteiger partial charge on any atom is -0.378 e. The van der Waals surface area contributed by atoms with E-state index in [2.05, 4.69) is 5.32 Å². The molecule has 1 aliphatic carbocycles. The van der Waals surface area contributed by atoms with Crippen LogP contribution in [-0.2, 0) is 14.4 Å². The first-order chi connectivity index (χ1) is 13.1. The van der Waals surface area contributed by atoms with E-state index in [-0.39, 0.29) is 35.5 Å². The first kappa shape index (κ1) is 20.4. The van der Waals surface area contributed by atoms with Crippen LogP contribution < -0.4 is 10.2 Å². The van der Waals surface area contributed by atoms with E-state index in [1.54, 1.807) is 0 Å². The van der Waals surface area contributed by atoms with Crippen LogP contribution in [0.25, 0.3) is 0 Å². The van der Waals surface area contributed by atoms with Gasteiger partial charge in [-0.05, 0) is 48.9 Å². The summed E-state index contributed by atoms with van der Waals surface area (Å²) in [5.41, 5.74) is 1.02. The van der Waals surface area contributed by atoms with E-state index < -0.39 is 5.41 Å². The highest BCUT2D eigenvalue weighted by Crippen LogP contribution is 2.60. The van der Waals surface area contributed by atoms with Crippen LogP contribution in [0.3, 0.4) is 0 Å². The van der Waals surface area contributed by atoms with Gasteiger partial charge in [-0.25, -0.2) is 0 Å². The van der Waals surface area contributed by atoms with Crippen molar-refractivity contribution in [2.24, 2.45) is 16.7 Å². The Labute approximate surface area is 167 Å². The van der Waals surface area contributed by atoms with Crippen LogP contribution in [-0.4, -0.2) is 43.3 Å². The molecule has 1 saturated heterocycles. The zero-order valence-electron chi connectivity index (χ0n) is 17.5. The van der Waals surface area contributed by atoms with Crippen molar-refractivity contribution in [3.63, 3.8) is 0 Å². The summed E-state index contributed by atoms with van der Waals surface area (Å²) < 4.78 is 0.